The molecule has 0 saturated carbocycles. The van der Waals surface area contributed by atoms with Gasteiger partial charge < -0.3 is 9.64 Å². The van der Waals surface area contributed by atoms with E-state index in [1.165, 1.54) is 12.1 Å². The molecule has 1 aromatic heterocycles. The lowest BCUT2D eigenvalue weighted by Crippen LogP contribution is -2.49. The van der Waals surface area contributed by atoms with Crippen LogP contribution in [0.4, 0.5) is 10.1 Å². The Morgan fingerprint density at radius 2 is 1.96 bits per heavy atom. The molecule has 0 radical (unpaired) electrons. The van der Waals surface area contributed by atoms with Crippen LogP contribution in [0.1, 0.15) is 6.42 Å². The number of rotatable bonds is 6. The Morgan fingerprint density at radius 3 is 2.68 bits per heavy atom. The number of sulfonamides is 1. The molecular formula is C17H22FN3O3S. The molecule has 6 nitrogen and oxygen atoms in total. The van der Waals surface area contributed by atoms with E-state index in [0.717, 1.165) is 11.1 Å². The van der Waals surface area contributed by atoms with Gasteiger partial charge in [0.05, 0.1) is 11.3 Å². The van der Waals surface area contributed by atoms with Crippen LogP contribution in [0.25, 0.3) is 10.9 Å². The largest absolute Gasteiger partial charge is 0.385 e. The number of piperazine rings is 1. The first-order valence-corrected chi connectivity index (χ1v) is 9.88. The van der Waals surface area contributed by atoms with Crippen molar-refractivity contribution in [3.05, 3.63) is 36.3 Å². The molecule has 25 heavy (non-hydrogen) atoms. The Kier molecular flexibility index (Phi) is 5.51. The van der Waals surface area contributed by atoms with Crippen molar-refractivity contribution in [3.63, 3.8) is 0 Å². The third-order valence-electron chi connectivity index (χ3n) is 4.41. The van der Waals surface area contributed by atoms with Gasteiger partial charge in [-0.15, -0.1) is 0 Å². The zero-order chi connectivity index (χ0) is 17.9. The molecule has 0 N–H and O–H groups in total. The van der Waals surface area contributed by atoms with Crippen molar-refractivity contribution in [2.24, 2.45) is 0 Å². The van der Waals surface area contributed by atoms with E-state index < -0.39 is 10.0 Å². The summed E-state index contributed by atoms with van der Waals surface area (Å²) in [6.45, 7) is 2.53. The molecule has 0 spiro atoms. The summed E-state index contributed by atoms with van der Waals surface area (Å²) in [6, 6.07) is 6.45. The van der Waals surface area contributed by atoms with E-state index in [1.807, 2.05) is 6.07 Å². The van der Waals surface area contributed by atoms with Crippen LogP contribution in [0.5, 0.6) is 0 Å². The summed E-state index contributed by atoms with van der Waals surface area (Å²) in [6.07, 6.45) is 2.16. The lowest BCUT2D eigenvalue weighted by atomic mass is 10.1. The number of ether oxygens (including phenoxy) is 1. The number of benzene rings is 1. The van der Waals surface area contributed by atoms with E-state index in [4.69, 9.17) is 4.74 Å². The van der Waals surface area contributed by atoms with Gasteiger partial charge in [0.2, 0.25) is 10.0 Å². The number of hydrogen-bond acceptors (Lipinski definition) is 5. The monoisotopic (exact) mass is 367 g/mol. The first-order chi connectivity index (χ1) is 12.0. The molecule has 136 valence electrons. The van der Waals surface area contributed by atoms with Gasteiger partial charge in [0.1, 0.15) is 5.82 Å². The molecule has 1 aromatic carbocycles. The Morgan fingerprint density at radius 1 is 1.20 bits per heavy atom. The summed E-state index contributed by atoms with van der Waals surface area (Å²) < 4.78 is 44.6. The van der Waals surface area contributed by atoms with Crippen molar-refractivity contribution in [2.75, 3.05) is 50.5 Å². The zero-order valence-corrected chi connectivity index (χ0v) is 15.0. The molecule has 2 aromatic rings. The summed E-state index contributed by atoms with van der Waals surface area (Å²) >= 11 is 0. The van der Waals surface area contributed by atoms with Crippen molar-refractivity contribution < 1.29 is 17.5 Å². The molecular weight excluding hydrogens is 345 g/mol. The maximum Gasteiger partial charge on any atom is 0.214 e. The highest BCUT2D eigenvalue weighted by molar-refractivity contribution is 7.89. The molecule has 1 aliphatic rings. The smallest absolute Gasteiger partial charge is 0.214 e. The number of methoxy groups -OCH3 is 1. The predicted octanol–water partition coefficient (Wildman–Crippen LogP) is 1.86. The van der Waals surface area contributed by atoms with Crippen molar-refractivity contribution in [2.45, 2.75) is 6.42 Å². The first kappa shape index (κ1) is 18.0. The molecule has 2 heterocycles. The van der Waals surface area contributed by atoms with Crippen LogP contribution in [-0.4, -0.2) is 63.4 Å². The number of nitrogens with zero attached hydrogens (tertiary/aromatic N) is 3. The van der Waals surface area contributed by atoms with Crippen LogP contribution in [0.3, 0.4) is 0 Å². The molecule has 1 saturated heterocycles. The summed E-state index contributed by atoms with van der Waals surface area (Å²) in [4.78, 5) is 6.34. The van der Waals surface area contributed by atoms with Gasteiger partial charge in [-0.3, -0.25) is 4.98 Å². The van der Waals surface area contributed by atoms with Crippen LogP contribution < -0.4 is 4.90 Å². The van der Waals surface area contributed by atoms with Crippen LogP contribution in [0, 0.1) is 5.82 Å². The fourth-order valence-corrected chi connectivity index (χ4v) is 4.56. The van der Waals surface area contributed by atoms with Gasteiger partial charge in [-0.05, 0) is 24.6 Å². The standard InChI is InChI=1S/C17H22FN3O3S/c1-24-11-2-12-25(22,23)21-9-7-20(8-10-21)17-5-6-19-16-13-14(18)3-4-15(16)17/h3-6,13H,2,7-12H2,1H3. The van der Waals surface area contributed by atoms with E-state index in [1.54, 1.807) is 23.7 Å². The highest BCUT2D eigenvalue weighted by Crippen LogP contribution is 2.27. The normalized spacial score (nSPS) is 16.5. The van der Waals surface area contributed by atoms with Gasteiger partial charge in [-0.2, -0.15) is 4.31 Å². The fourth-order valence-electron chi connectivity index (χ4n) is 3.10. The van der Waals surface area contributed by atoms with Crippen molar-refractivity contribution >= 4 is 26.6 Å². The number of hydrogen-bond donors (Lipinski definition) is 0. The van der Waals surface area contributed by atoms with Gasteiger partial charge in [-0.25, -0.2) is 12.8 Å². The van der Waals surface area contributed by atoms with Crippen LogP contribution in [0.15, 0.2) is 30.5 Å². The van der Waals surface area contributed by atoms with Gasteiger partial charge in [0.15, 0.2) is 0 Å². The first-order valence-electron chi connectivity index (χ1n) is 8.27. The molecule has 3 rings (SSSR count). The second-order valence-corrected chi connectivity index (χ2v) is 8.13. The molecule has 1 aliphatic heterocycles. The molecule has 1 fully saturated rings. The minimum absolute atomic E-state index is 0.109. The molecule has 8 heteroatoms. The number of halogens is 1. The number of anilines is 1. The van der Waals surface area contributed by atoms with E-state index in [9.17, 15) is 12.8 Å². The summed E-state index contributed by atoms with van der Waals surface area (Å²) in [7, 11) is -1.68. The SMILES string of the molecule is COCCCS(=O)(=O)N1CCN(c2ccnc3cc(F)ccc23)CC1. The number of pyridine rings is 1. The fraction of sp³-hybridized carbons (Fsp3) is 0.471. The number of aromatic nitrogens is 1. The summed E-state index contributed by atoms with van der Waals surface area (Å²) in [5, 5.41) is 0.875. The van der Waals surface area contributed by atoms with Crippen LogP contribution >= 0.6 is 0 Å². The van der Waals surface area contributed by atoms with Gasteiger partial charge in [-0.1, -0.05) is 0 Å². The average molecular weight is 367 g/mol. The highest BCUT2D eigenvalue weighted by Gasteiger charge is 2.27. The Balaban J connectivity index is 1.71. The van der Waals surface area contributed by atoms with Gasteiger partial charge in [0.25, 0.3) is 0 Å². The minimum Gasteiger partial charge on any atom is -0.385 e. The predicted molar refractivity (Wildman–Crippen MR) is 95.8 cm³/mol. The summed E-state index contributed by atoms with van der Waals surface area (Å²) in [5.74, 6) is -0.206. The maximum absolute atomic E-state index is 13.4. The van der Waals surface area contributed by atoms with E-state index in [2.05, 4.69) is 9.88 Å². The molecule has 0 unspecified atom stereocenters. The Bertz CT molecular complexity index is 836. The molecule has 0 aliphatic carbocycles. The van der Waals surface area contributed by atoms with E-state index >= 15 is 0 Å². The average Bonchev–Trinajstić information content (AvgIpc) is 2.61. The van der Waals surface area contributed by atoms with Crippen molar-refractivity contribution in [1.82, 2.24) is 9.29 Å². The molecule has 0 bridgehead atoms. The second kappa shape index (κ2) is 7.63. The lowest BCUT2D eigenvalue weighted by molar-refractivity contribution is 0.199. The van der Waals surface area contributed by atoms with Crippen molar-refractivity contribution in [1.29, 1.82) is 0 Å². The minimum atomic E-state index is -3.24. The Labute approximate surface area is 147 Å². The number of fused-ring (bicyclic) bond motifs is 1. The van der Waals surface area contributed by atoms with Gasteiger partial charge >= 0.3 is 0 Å². The van der Waals surface area contributed by atoms with E-state index in [-0.39, 0.29) is 11.6 Å². The van der Waals surface area contributed by atoms with Gasteiger partial charge in [0, 0.05) is 63.2 Å². The topological polar surface area (TPSA) is 62.7 Å². The maximum atomic E-state index is 13.4. The zero-order valence-electron chi connectivity index (χ0n) is 14.2. The third kappa shape index (κ3) is 4.08. The highest BCUT2D eigenvalue weighted by atomic mass is 32.2. The molecule has 0 atom stereocenters. The van der Waals surface area contributed by atoms with E-state index in [0.29, 0.717) is 44.7 Å². The summed E-state index contributed by atoms with van der Waals surface area (Å²) in [5.41, 5.74) is 1.56. The van der Waals surface area contributed by atoms with Crippen LogP contribution in [0.2, 0.25) is 0 Å². The van der Waals surface area contributed by atoms with Crippen molar-refractivity contribution in [3.8, 4) is 0 Å². The quantitative estimate of drug-likeness (QED) is 0.730. The Hall–Kier alpha value is -1.77. The van der Waals surface area contributed by atoms with Crippen LogP contribution in [-0.2, 0) is 14.8 Å². The second-order valence-electron chi connectivity index (χ2n) is 6.04. The third-order valence-corrected chi connectivity index (χ3v) is 6.36. The lowest BCUT2D eigenvalue weighted by Gasteiger charge is -2.35. The molecule has 0 amide bonds.